The van der Waals surface area contributed by atoms with Gasteiger partial charge in [0.25, 0.3) is 5.91 Å². The van der Waals surface area contributed by atoms with Crippen molar-refractivity contribution in [1.82, 2.24) is 79.4 Å². The number of carbonyl (C=O) groups excluding carboxylic acids is 15. The summed E-state index contributed by atoms with van der Waals surface area (Å²) in [4.78, 5) is 220. The van der Waals surface area contributed by atoms with Gasteiger partial charge in [0.15, 0.2) is 0 Å². The number of nitrogens with one attached hydrogen (secondary N) is 15. The number of hydrogen-bond acceptors (Lipinski definition) is 26. The molecular formula is C86H121N23O18S. The van der Waals surface area contributed by atoms with Crippen molar-refractivity contribution in [2.45, 2.75) is 194 Å². The van der Waals surface area contributed by atoms with E-state index in [2.05, 4.69) is 89.7 Å². The van der Waals surface area contributed by atoms with Gasteiger partial charge in [-0.25, -0.2) is 9.59 Å². The van der Waals surface area contributed by atoms with Crippen molar-refractivity contribution in [2.75, 3.05) is 63.9 Å². The quantitative estimate of drug-likeness (QED) is 0.00861. The summed E-state index contributed by atoms with van der Waals surface area (Å²) in [5.74, 6) is -12.6. The monoisotopic (exact) mass is 1800 g/mol. The molecule has 0 bridgehead atoms. The van der Waals surface area contributed by atoms with E-state index in [0.717, 1.165) is 11.8 Å². The number of pyridine rings is 1. The summed E-state index contributed by atoms with van der Waals surface area (Å²) >= 11 is 1.34. The van der Waals surface area contributed by atoms with Crippen LogP contribution in [0.2, 0.25) is 0 Å². The molecule has 0 spiro atoms. The van der Waals surface area contributed by atoms with E-state index in [4.69, 9.17) is 39.1 Å². The number of aliphatic hydroxyl groups excluding tert-OH is 2. The van der Waals surface area contributed by atoms with Gasteiger partial charge in [-0.15, -0.1) is 0 Å². The summed E-state index contributed by atoms with van der Waals surface area (Å²) in [5, 5.41) is 60.2. The van der Waals surface area contributed by atoms with Crippen molar-refractivity contribution in [3.05, 3.63) is 155 Å². The van der Waals surface area contributed by atoms with Gasteiger partial charge in [0.05, 0.1) is 29.2 Å². The molecule has 6 rings (SSSR count). The highest BCUT2D eigenvalue weighted by Gasteiger charge is 2.39. The molecule has 4 aromatic carbocycles. The molecule has 694 valence electrons. The third kappa shape index (κ3) is 34.4. The molecule has 1 aromatic heterocycles. The largest absolute Gasteiger partial charge is 0.459 e. The van der Waals surface area contributed by atoms with Crippen LogP contribution in [-0.4, -0.2) is 241 Å². The number of esters is 1. The number of nitrogens with two attached hydrogens (primary N) is 6. The average Bonchev–Trinajstić information content (AvgIpc) is 0.886. The molecule has 13 atom stereocenters. The number of anilines is 2. The zero-order valence-corrected chi connectivity index (χ0v) is 73.4. The number of allylic oxidation sites excluding steroid dienone is 1. The van der Waals surface area contributed by atoms with E-state index in [9.17, 15) is 82.1 Å². The van der Waals surface area contributed by atoms with Crippen LogP contribution >= 0.6 is 11.8 Å². The lowest BCUT2D eigenvalue weighted by Gasteiger charge is -2.29. The molecule has 41 nitrogen and oxygen atoms in total. The number of nitrogen functional groups attached to an aromatic ring is 1. The number of rotatable bonds is 39. The highest BCUT2D eigenvalue weighted by atomic mass is 32.2. The zero-order valence-electron chi connectivity index (χ0n) is 72.6. The summed E-state index contributed by atoms with van der Waals surface area (Å²) in [6.45, 7) is 6.82. The number of primary amides is 1. The fourth-order valence-corrected chi connectivity index (χ4v) is 14.1. The van der Waals surface area contributed by atoms with Crippen LogP contribution in [0.25, 0.3) is 6.08 Å². The third-order valence-corrected chi connectivity index (χ3v) is 21.0. The van der Waals surface area contributed by atoms with Crippen LogP contribution in [0.1, 0.15) is 126 Å². The van der Waals surface area contributed by atoms with Gasteiger partial charge in [-0.3, -0.25) is 72.3 Å². The summed E-state index contributed by atoms with van der Waals surface area (Å²) < 4.78 is 5.60. The van der Waals surface area contributed by atoms with Crippen molar-refractivity contribution in [1.29, 1.82) is 0 Å². The Morgan fingerprint density at radius 2 is 1.17 bits per heavy atom. The van der Waals surface area contributed by atoms with Crippen LogP contribution in [-0.2, 0) is 75.3 Å². The van der Waals surface area contributed by atoms with Gasteiger partial charge >= 0.3 is 18.0 Å². The lowest BCUT2D eigenvalue weighted by Crippen LogP contribution is -2.62. The average molecular weight is 1800 g/mol. The predicted octanol–water partition coefficient (Wildman–Crippen LogP) is -2.17. The maximum atomic E-state index is 14.8. The van der Waals surface area contributed by atoms with Crippen LogP contribution in [0.3, 0.4) is 0 Å². The Morgan fingerprint density at radius 1 is 0.602 bits per heavy atom. The van der Waals surface area contributed by atoms with Gasteiger partial charge in [-0.2, -0.15) is 0 Å². The molecule has 2 heterocycles. The van der Waals surface area contributed by atoms with E-state index in [1.807, 2.05) is 24.3 Å². The summed E-state index contributed by atoms with van der Waals surface area (Å²) in [6.07, 6.45) is -0.132. The van der Waals surface area contributed by atoms with E-state index in [1.165, 1.54) is 30.8 Å². The number of amides is 16. The highest BCUT2D eigenvalue weighted by molar-refractivity contribution is 7.99. The minimum absolute atomic E-state index is 0.00528. The minimum atomic E-state index is -1.91. The van der Waals surface area contributed by atoms with Crippen molar-refractivity contribution < 1.29 is 86.9 Å². The molecule has 3 unspecified atom stereocenters. The lowest BCUT2D eigenvalue weighted by molar-refractivity contribution is -0.143. The molecule has 5 aromatic rings. The number of carbonyl (C=O) groups is 15. The van der Waals surface area contributed by atoms with Crippen LogP contribution in [0, 0.1) is 11.8 Å². The fraction of sp³-hybridized carbons (Fsp3) is 0.453. The Bertz CT molecular complexity index is 4660. The summed E-state index contributed by atoms with van der Waals surface area (Å²) in [5.41, 5.74) is 39.3. The Hall–Kier alpha value is -13.0. The molecule has 1 saturated heterocycles. The molecule has 128 heavy (non-hydrogen) atoms. The number of aliphatic imine (C=N–C) groups is 1. The van der Waals surface area contributed by atoms with Crippen molar-refractivity contribution in [2.24, 2.45) is 45.5 Å². The second-order valence-corrected chi connectivity index (χ2v) is 32.1. The topological polar surface area (TPSA) is 668 Å². The molecule has 0 aliphatic carbocycles. The van der Waals surface area contributed by atoms with E-state index in [0.29, 0.717) is 44.2 Å². The first-order valence-electron chi connectivity index (χ1n) is 42.0. The standard InChI is InChI=1S/C86H121N23O18S/c1-47(2)42-66-80(120)101-61(30-35-87)75(115)100-64(33-38-90)79(119)107-71(49(5)110)82(122)95-41-34-65(78(118)99-62(31-36-88)77(117)106-67(81(121)105-66)43-51-16-9-8-10-17-51)102-76(116)63(32-37-89)104-84(124)72(50(6)111)109-86(126)108-70(48(3)4)83(123)103-60(20-15-40-96-85(92)125)74(114)98-54-24-22-52(23-25-54)46-127-69(112)45-97-59(29-26-53-18-13-14-39-94-53)56-28-27-55(44-58(56)91)128-68-21-12-11-19-57(68)73(113)93-7/h8-14,16-19,21-29,39,44,47-50,60-67,70-72,110-111H,15,20,30-38,40-43,45-46,87-91H2,1-7H3,(H,93,113)(H,95,122)(H,98,114)(H,99,118)(H,100,115)(H,101,120)(H,102,116)(H,103,123)(H,104,124)(H,105,121)(H,106,117)(H,107,119)(H3,92,96,125)(H2,108,109,126)/b29-26+,97-59-/t49-,50+,60?,61?,62+,63-,64?,65-,66+,67+,70-,71+,72+/m1/s1. The predicted molar refractivity (Wildman–Crippen MR) is 478 cm³/mol. The van der Waals surface area contributed by atoms with Gasteiger partial charge in [0, 0.05) is 59.5 Å². The number of urea groups is 2. The van der Waals surface area contributed by atoms with Crippen molar-refractivity contribution in [3.8, 4) is 0 Å². The van der Waals surface area contributed by atoms with Crippen LogP contribution in [0.15, 0.2) is 142 Å². The Kier molecular flexibility index (Phi) is 43.4. The summed E-state index contributed by atoms with van der Waals surface area (Å²) in [7, 11) is 1.55. The number of aromatic nitrogens is 1. The normalized spacial score (nSPS) is 19.1. The van der Waals surface area contributed by atoms with Gasteiger partial charge in [-0.05, 0) is 181 Å². The Morgan fingerprint density at radius 3 is 1.75 bits per heavy atom. The molecule has 29 N–H and O–H groups in total. The van der Waals surface area contributed by atoms with Gasteiger partial charge in [0.1, 0.15) is 79.6 Å². The molecule has 42 heteroatoms. The maximum Gasteiger partial charge on any atom is 0.328 e. The van der Waals surface area contributed by atoms with Crippen molar-refractivity contribution >= 4 is 124 Å². The molecular weight excluding hydrogens is 1680 g/mol. The number of hydrogen-bond donors (Lipinski definition) is 23. The molecule has 1 aliphatic rings. The molecule has 16 amide bonds. The maximum absolute atomic E-state index is 14.8. The van der Waals surface area contributed by atoms with E-state index in [-0.39, 0.29) is 108 Å². The van der Waals surface area contributed by atoms with E-state index >= 15 is 0 Å². The number of nitrogens with zero attached hydrogens (tertiary/aromatic N) is 2. The first kappa shape index (κ1) is 104. The number of aliphatic hydroxyl groups is 2. The SMILES string of the molecule is CNC(=O)c1ccccc1Sc1ccc(C(/C=C/c2ccccn2)=N\CC(=O)OCc2ccc(NC(=O)C(CCCNC(N)=O)NC(=O)[C@H](NC(=O)N[C@H](C(=O)N[C@H](CCN)C(=O)N[C@@H]3CCNC(=O)[C@H]([C@@H](C)O)NC(=O)C(CCN)NC(=O)C(CCN)NC(=O)[C@H](CC(C)C)NC(=O)[C@H](Cc4ccccc4)NC(=O)[C@H](CCN)NC3=O)[C@H](C)O)C(C)C)cc2)c(N)c1. The first-order chi connectivity index (χ1) is 61.1. The molecule has 0 radical (unpaired) electrons. The fourth-order valence-electron chi connectivity index (χ4n) is 13.1. The minimum Gasteiger partial charge on any atom is -0.459 e. The number of benzene rings is 4. The van der Waals surface area contributed by atoms with E-state index in [1.54, 1.807) is 132 Å². The van der Waals surface area contributed by atoms with Crippen LogP contribution in [0.4, 0.5) is 21.0 Å². The van der Waals surface area contributed by atoms with Crippen LogP contribution in [0.5, 0.6) is 0 Å². The third-order valence-electron chi connectivity index (χ3n) is 19.9. The number of ether oxygens (including phenoxy) is 1. The smallest absolute Gasteiger partial charge is 0.328 e. The molecule has 0 saturated carbocycles. The lowest BCUT2D eigenvalue weighted by atomic mass is 10.00. The van der Waals surface area contributed by atoms with Gasteiger partial charge in [0.2, 0.25) is 65.0 Å². The second-order valence-electron chi connectivity index (χ2n) is 31.0. The Labute approximate surface area is 745 Å². The highest BCUT2D eigenvalue weighted by Crippen LogP contribution is 2.33. The van der Waals surface area contributed by atoms with Crippen LogP contribution < -0.4 is 114 Å². The molecule has 1 aliphatic heterocycles. The summed E-state index contributed by atoms with van der Waals surface area (Å²) in [6, 6.07) is 13.1. The second kappa shape index (κ2) is 53.5. The molecule has 1 fully saturated rings. The Balaban J connectivity index is 1.17. The van der Waals surface area contributed by atoms with Crippen molar-refractivity contribution in [3.63, 3.8) is 0 Å². The zero-order chi connectivity index (χ0) is 94.1. The van der Waals surface area contributed by atoms with Gasteiger partial charge < -0.3 is 129 Å². The first-order valence-corrected chi connectivity index (χ1v) is 42.8. The van der Waals surface area contributed by atoms with Gasteiger partial charge in [-0.1, -0.05) is 100 Å². The van der Waals surface area contributed by atoms with E-state index < -0.39 is 187 Å².